The first-order valence-electron chi connectivity index (χ1n) is 12.1. The number of para-hydroxylation sites is 1. The van der Waals surface area contributed by atoms with Crippen LogP contribution in [0.3, 0.4) is 0 Å². The number of phenolic OH excluding ortho intramolecular Hbond substituents is 1. The molecular weight excluding hydrogens is 450 g/mol. The Kier molecular flexibility index (Phi) is 4.95. The number of hydrogen-bond acceptors (Lipinski definition) is 4. The molecule has 2 heterocycles. The van der Waals surface area contributed by atoms with Crippen LogP contribution in [0.2, 0.25) is 0 Å². The fourth-order valence-corrected chi connectivity index (χ4v) is 5.60. The summed E-state index contributed by atoms with van der Waals surface area (Å²) in [5.74, 6) is -0.100. The van der Waals surface area contributed by atoms with Gasteiger partial charge in [-0.25, -0.2) is 0 Å². The van der Waals surface area contributed by atoms with Crippen molar-refractivity contribution in [1.82, 2.24) is 0 Å². The molecule has 4 aromatic carbocycles. The van der Waals surface area contributed by atoms with Crippen molar-refractivity contribution >= 4 is 11.6 Å². The van der Waals surface area contributed by atoms with Crippen LogP contribution in [-0.4, -0.2) is 21.7 Å². The highest BCUT2D eigenvalue weighted by molar-refractivity contribution is 6.10. The van der Waals surface area contributed by atoms with Crippen molar-refractivity contribution in [1.29, 1.82) is 0 Å². The zero-order valence-electron chi connectivity index (χ0n) is 20.2. The monoisotopic (exact) mass is 477 g/mol. The van der Waals surface area contributed by atoms with Crippen molar-refractivity contribution in [3.8, 4) is 11.5 Å². The van der Waals surface area contributed by atoms with Crippen molar-refractivity contribution < 1.29 is 19.7 Å². The molecule has 0 bridgehead atoms. The van der Waals surface area contributed by atoms with Crippen LogP contribution in [0.1, 0.15) is 47.7 Å². The molecule has 36 heavy (non-hydrogen) atoms. The third kappa shape index (κ3) is 3.31. The quantitative estimate of drug-likeness (QED) is 0.409. The van der Waals surface area contributed by atoms with Crippen LogP contribution in [0.5, 0.6) is 11.5 Å². The maximum absolute atomic E-state index is 14.4. The van der Waals surface area contributed by atoms with E-state index in [0.717, 1.165) is 16.7 Å². The van der Waals surface area contributed by atoms with E-state index in [0.29, 0.717) is 23.4 Å². The van der Waals surface area contributed by atoms with Crippen LogP contribution in [0.15, 0.2) is 97.1 Å². The molecule has 180 valence electrons. The van der Waals surface area contributed by atoms with Crippen LogP contribution in [0.25, 0.3) is 0 Å². The van der Waals surface area contributed by atoms with Crippen molar-refractivity contribution in [3.63, 3.8) is 0 Å². The summed E-state index contributed by atoms with van der Waals surface area (Å²) in [6.45, 7) is 3.95. The number of nitrogens with zero attached hydrogens (tertiary/aromatic N) is 1. The number of carbonyl (C=O) groups excluding carboxylic acids is 1. The van der Waals surface area contributed by atoms with Gasteiger partial charge in [0.2, 0.25) is 0 Å². The Morgan fingerprint density at radius 2 is 1.42 bits per heavy atom. The van der Waals surface area contributed by atoms with Gasteiger partial charge in [0.1, 0.15) is 17.1 Å². The lowest BCUT2D eigenvalue weighted by atomic mass is 9.85. The first-order valence-corrected chi connectivity index (χ1v) is 12.1. The summed E-state index contributed by atoms with van der Waals surface area (Å²) in [5.41, 5.74) is 1.44. The van der Waals surface area contributed by atoms with Crippen LogP contribution >= 0.6 is 0 Å². The highest BCUT2D eigenvalue weighted by Gasteiger charge is 2.55. The summed E-state index contributed by atoms with van der Waals surface area (Å²) in [6.07, 6.45) is 0.613. The normalized spacial score (nSPS) is 19.8. The Morgan fingerprint density at radius 3 is 2.06 bits per heavy atom. The van der Waals surface area contributed by atoms with E-state index in [4.69, 9.17) is 4.74 Å². The second kappa shape index (κ2) is 7.97. The molecule has 1 amide bonds. The zero-order valence-corrected chi connectivity index (χ0v) is 20.2. The van der Waals surface area contributed by atoms with Crippen LogP contribution in [0.4, 0.5) is 5.69 Å². The molecule has 2 aliphatic heterocycles. The fraction of sp³-hybridized carbons (Fsp3) is 0.194. The molecule has 6 rings (SSSR count). The maximum atomic E-state index is 14.4. The van der Waals surface area contributed by atoms with Gasteiger partial charge in [-0.1, -0.05) is 78.9 Å². The molecule has 0 aromatic heterocycles. The highest BCUT2D eigenvalue weighted by Crippen LogP contribution is 2.52. The number of fused-ring (bicyclic) bond motifs is 2. The largest absolute Gasteiger partial charge is 0.507 e. The standard InChI is InChI=1S/C31H27NO4/c1-30(2)19-22-17-24(26(33)18-27(22)36-30)31(35)23-15-9-10-16-25(23)32(29(31)34)28(20-11-5-3-6-12-20)21-13-7-4-8-14-21/h3-18,28,33,35H,19H2,1-2H3. The number of carbonyl (C=O) groups is 1. The topological polar surface area (TPSA) is 70.0 Å². The Bertz CT molecular complexity index is 1430. The van der Waals surface area contributed by atoms with E-state index in [1.807, 2.05) is 86.6 Å². The van der Waals surface area contributed by atoms with E-state index in [1.54, 1.807) is 23.1 Å². The first kappa shape index (κ1) is 22.4. The van der Waals surface area contributed by atoms with Crippen LogP contribution in [-0.2, 0) is 16.8 Å². The molecule has 0 aliphatic carbocycles. The van der Waals surface area contributed by atoms with Gasteiger partial charge in [-0.2, -0.15) is 0 Å². The second-order valence-electron chi connectivity index (χ2n) is 10.1. The number of phenols is 1. The number of ether oxygens (including phenoxy) is 1. The molecule has 0 radical (unpaired) electrons. The molecule has 2 aliphatic rings. The van der Waals surface area contributed by atoms with E-state index in [1.165, 1.54) is 6.07 Å². The Balaban J connectivity index is 1.55. The summed E-state index contributed by atoms with van der Waals surface area (Å²) in [6, 6.07) is 29.6. The van der Waals surface area contributed by atoms with Gasteiger partial charge in [-0.3, -0.25) is 9.69 Å². The predicted molar refractivity (Wildman–Crippen MR) is 138 cm³/mol. The Labute approximate surface area is 210 Å². The summed E-state index contributed by atoms with van der Waals surface area (Å²) in [4.78, 5) is 16.0. The third-order valence-electron chi connectivity index (χ3n) is 7.14. The van der Waals surface area contributed by atoms with Gasteiger partial charge >= 0.3 is 0 Å². The number of aliphatic hydroxyl groups is 1. The van der Waals surface area contributed by atoms with E-state index in [-0.39, 0.29) is 11.3 Å². The number of rotatable bonds is 4. The summed E-state index contributed by atoms with van der Waals surface area (Å²) in [7, 11) is 0. The van der Waals surface area contributed by atoms with Gasteiger partial charge in [0.05, 0.1) is 11.7 Å². The average Bonchev–Trinajstić information content (AvgIpc) is 3.30. The van der Waals surface area contributed by atoms with Gasteiger partial charge in [0.25, 0.3) is 5.91 Å². The van der Waals surface area contributed by atoms with Gasteiger partial charge in [0, 0.05) is 23.6 Å². The predicted octanol–water partition coefficient (Wildman–Crippen LogP) is 5.48. The van der Waals surface area contributed by atoms with E-state index < -0.39 is 23.2 Å². The summed E-state index contributed by atoms with van der Waals surface area (Å²) in [5, 5.41) is 23.3. The van der Waals surface area contributed by atoms with Gasteiger partial charge in [-0.05, 0) is 42.7 Å². The van der Waals surface area contributed by atoms with Gasteiger partial charge < -0.3 is 14.9 Å². The molecule has 2 N–H and O–H groups in total. The Hall–Kier alpha value is -4.09. The SMILES string of the molecule is CC1(C)Cc2cc(C3(O)C(=O)N(C(c4ccccc4)c4ccccc4)c4ccccc43)c(O)cc2O1. The zero-order chi connectivity index (χ0) is 25.1. The first-order chi connectivity index (χ1) is 17.3. The number of aromatic hydroxyl groups is 1. The van der Waals surface area contributed by atoms with Gasteiger partial charge in [-0.15, -0.1) is 0 Å². The third-order valence-corrected chi connectivity index (χ3v) is 7.14. The van der Waals surface area contributed by atoms with E-state index in [9.17, 15) is 15.0 Å². The summed E-state index contributed by atoms with van der Waals surface area (Å²) >= 11 is 0. The maximum Gasteiger partial charge on any atom is 0.269 e. The average molecular weight is 478 g/mol. The van der Waals surface area contributed by atoms with Crippen LogP contribution < -0.4 is 9.64 Å². The lowest BCUT2D eigenvalue weighted by Crippen LogP contribution is -2.43. The molecule has 5 nitrogen and oxygen atoms in total. The van der Waals surface area contributed by atoms with Crippen molar-refractivity contribution in [2.75, 3.05) is 4.90 Å². The summed E-state index contributed by atoms with van der Waals surface area (Å²) < 4.78 is 5.96. The number of hydrogen-bond donors (Lipinski definition) is 2. The number of amides is 1. The van der Waals surface area contributed by atoms with Gasteiger partial charge in [0.15, 0.2) is 5.60 Å². The molecular formula is C31H27NO4. The highest BCUT2D eigenvalue weighted by atomic mass is 16.5. The number of anilines is 1. The lowest BCUT2D eigenvalue weighted by Gasteiger charge is -2.31. The second-order valence-corrected chi connectivity index (χ2v) is 10.1. The fourth-order valence-electron chi connectivity index (χ4n) is 5.60. The minimum absolute atomic E-state index is 0.169. The van der Waals surface area contributed by atoms with Crippen molar-refractivity contribution in [3.05, 3.63) is 125 Å². The molecule has 0 saturated carbocycles. The van der Waals surface area contributed by atoms with Crippen molar-refractivity contribution in [2.24, 2.45) is 0 Å². The smallest absolute Gasteiger partial charge is 0.269 e. The molecule has 1 unspecified atom stereocenters. The van der Waals surface area contributed by atoms with Crippen molar-refractivity contribution in [2.45, 2.75) is 37.5 Å². The number of benzene rings is 4. The molecule has 4 aromatic rings. The molecule has 0 fully saturated rings. The molecule has 0 saturated heterocycles. The van der Waals surface area contributed by atoms with E-state index >= 15 is 0 Å². The molecule has 5 heteroatoms. The Morgan fingerprint density at radius 1 is 0.833 bits per heavy atom. The minimum atomic E-state index is -2.05. The van der Waals surface area contributed by atoms with E-state index in [2.05, 4.69) is 0 Å². The molecule has 0 spiro atoms. The molecule has 1 atom stereocenters. The minimum Gasteiger partial charge on any atom is -0.507 e. The lowest BCUT2D eigenvalue weighted by molar-refractivity contribution is -0.132. The van der Waals surface area contributed by atoms with Crippen LogP contribution in [0, 0.1) is 0 Å².